The fourth-order valence-corrected chi connectivity index (χ4v) is 1.29. The van der Waals surface area contributed by atoms with Gasteiger partial charge in [0.05, 0.1) is 5.75 Å². The molecule has 1 amide bonds. The van der Waals surface area contributed by atoms with E-state index in [0.717, 1.165) is 4.31 Å². The van der Waals surface area contributed by atoms with Gasteiger partial charge in [-0.05, 0) is 0 Å². The molecule has 0 aromatic carbocycles. The van der Waals surface area contributed by atoms with Crippen molar-refractivity contribution in [1.82, 2.24) is 9.62 Å². The van der Waals surface area contributed by atoms with Crippen LogP contribution in [0.2, 0.25) is 0 Å². The summed E-state index contributed by atoms with van der Waals surface area (Å²) in [4.78, 5) is 10.3. The molecule has 1 N–H and O–H groups in total. The zero-order valence-electron chi connectivity index (χ0n) is 7.83. The minimum absolute atomic E-state index is 0.316. The van der Waals surface area contributed by atoms with Crippen LogP contribution in [-0.2, 0) is 14.8 Å². The third-order valence-corrected chi connectivity index (χ3v) is 3.25. The van der Waals surface area contributed by atoms with Crippen molar-refractivity contribution in [2.24, 2.45) is 0 Å². The van der Waals surface area contributed by atoms with E-state index >= 15 is 0 Å². The van der Waals surface area contributed by atoms with Crippen molar-refractivity contribution in [3.05, 3.63) is 0 Å². The van der Waals surface area contributed by atoms with E-state index in [1.165, 1.54) is 14.1 Å². The number of rotatable bonds is 5. The van der Waals surface area contributed by atoms with Gasteiger partial charge in [0.1, 0.15) is 0 Å². The van der Waals surface area contributed by atoms with E-state index in [0.29, 0.717) is 0 Å². The Morgan fingerprint density at radius 3 is 2.29 bits per heavy atom. The van der Waals surface area contributed by atoms with Crippen LogP contribution in [0.5, 0.6) is 0 Å². The standard InChI is InChI=1S/C6H12F2N2O3S/c1-10(2)14(12,13)4-3-9-6(11)5(7)8/h5H,3-4H2,1-2H3,(H,9,11). The molecule has 0 rings (SSSR count). The summed E-state index contributed by atoms with van der Waals surface area (Å²) in [7, 11) is -0.798. The lowest BCUT2D eigenvalue weighted by Crippen LogP contribution is -2.36. The molecule has 0 aliphatic heterocycles. The summed E-state index contributed by atoms with van der Waals surface area (Å²) in [5, 5.41) is 1.80. The zero-order chi connectivity index (χ0) is 11.4. The van der Waals surface area contributed by atoms with E-state index in [4.69, 9.17) is 0 Å². The molecule has 0 aliphatic rings. The number of halogens is 2. The maximum atomic E-state index is 11.6. The first-order chi connectivity index (χ1) is 6.27. The molecule has 0 spiro atoms. The summed E-state index contributed by atoms with van der Waals surface area (Å²) in [6.07, 6.45) is -3.11. The first-order valence-corrected chi connectivity index (χ1v) is 5.34. The molecule has 0 aromatic rings. The average Bonchev–Trinajstić information content (AvgIpc) is 2.03. The predicted octanol–water partition coefficient (Wildman–Crippen LogP) is -0.741. The molecule has 84 valence electrons. The largest absolute Gasteiger partial charge is 0.350 e. The van der Waals surface area contributed by atoms with Gasteiger partial charge >= 0.3 is 6.43 Å². The molecular weight excluding hydrogens is 218 g/mol. The van der Waals surface area contributed by atoms with Crippen molar-refractivity contribution in [3.8, 4) is 0 Å². The maximum Gasteiger partial charge on any atom is 0.315 e. The molecule has 5 nitrogen and oxygen atoms in total. The van der Waals surface area contributed by atoms with Gasteiger partial charge in [-0.1, -0.05) is 0 Å². The molecule has 0 saturated heterocycles. The van der Waals surface area contributed by atoms with Gasteiger partial charge in [-0.15, -0.1) is 0 Å². The highest BCUT2D eigenvalue weighted by Gasteiger charge is 2.17. The minimum atomic E-state index is -3.45. The molecular formula is C6H12F2N2O3S. The van der Waals surface area contributed by atoms with Gasteiger partial charge in [-0.3, -0.25) is 4.79 Å². The van der Waals surface area contributed by atoms with E-state index in [1.54, 1.807) is 5.32 Å². The van der Waals surface area contributed by atoms with E-state index < -0.39 is 28.1 Å². The van der Waals surface area contributed by atoms with Gasteiger partial charge in [0.2, 0.25) is 10.0 Å². The molecule has 0 heterocycles. The fraction of sp³-hybridized carbons (Fsp3) is 0.833. The lowest BCUT2D eigenvalue weighted by atomic mass is 10.6. The number of nitrogens with zero attached hydrogens (tertiary/aromatic N) is 1. The highest BCUT2D eigenvalue weighted by molar-refractivity contribution is 7.89. The highest BCUT2D eigenvalue weighted by Crippen LogP contribution is 1.94. The van der Waals surface area contributed by atoms with Crippen LogP contribution in [0.4, 0.5) is 8.78 Å². The number of carbonyl (C=O) groups excluding carboxylic acids is 1. The SMILES string of the molecule is CN(C)S(=O)(=O)CCNC(=O)C(F)F. The second-order valence-electron chi connectivity index (χ2n) is 2.69. The van der Waals surface area contributed by atoms with E-state index in [9.17, 15) is 22.0 Å². The monoisotopic (exact) mass is 230 g/mol. The van der Waals surface area contributed by atoms with Gasteiger partial charge in [0.25, 0.3) is 5.91 Å². The molecule has 14 heavy (non-hydrogen) atoms. The van der Waals surface area contributed by atoms with Crippen molar-refractivity contribution in [1.29, 1.82) is 0 Å². The number of hydrogen-bond donors (Lipinski definition) is 1. The lowest BCUT2D eigenvalue weighted by Gasteiger charge is -2.11. The molecule has 0 radical (unpaired) electrons. The second-order valence-corrected chi connectivity index (χ2v) is 4.99. The van der Waals surface area contributed by atoms with Crippen molar-refractivity contribution in [3.63, 3.8) is 0 Å². The van der Waals surface area contributed by atoms with Crippen molar-refractivity contribution >= 4 is 15.9 Å². The smallest absolute Gasteiger partial charge is 0.315 e. The van der Waals surface area contributed by atoms with Crippen LogP contribution in [-0.4, -0.2) is 51.4 Å². The maximum absolute atomic E-state index is 11.6. The highest BCUT2D eigenvalue weighted by atomic mass is 32.2. The Hall–Kier alpha value is -0.760. The quantitative estimate of drug-likeness (QED) is 0.676. The molecule has 0 saturated carbocycles. The fourth-order valence-electron chi connectivity index (χ4n) is 0.563. The Kier molecular flexibility index (Phi) is 4.92. The van der Waals surface area contributed by atoms with Crippen LogP contribution in [0, 0.1) is 0 Å². The summed E-state index contributed by atoms with van der Waals surface area (Å²) < 4.78 is 46.4. The molecule has 0 aromatic heterocycles. The van der Waals surface area contributed by atoms with E-state index in [2.05, 4.69) is 0 Å². The Morgan fingerprint density at radius 1 is 1.43 bits per heavy atom. The number of carbonyl (C=O) groups is 1. The average molecular weight is 230 g/mol. The van der Waals surface area contributed by atoms with Crippen LogP contribution in [0.1, 0.15) is 0 Å². The Bertz CT molecular complexity index is 289. The Labute approximate surface area is 81.1 Å². The van der Waals surface area contributed by atoms with Gasteiger partial charge in [0, 0.05) is 20.6 Å². The van der Waals surface area contributed by atoms with E-state index in [1.807, 2.05) is 0 Å². The van der Waals surface area contributed by atoms with Crippen LogP contribution in [0.15, 0.2) is 0 Å². The lowest BCUT2D eigenvalue weighted by molar-refractivity contribution is -0.131. The third-order valence-electron chi connectivity index (χ3n) is 1.41. The molecule has 0 unspecified atom stereocenters. The topological polar surface area (TPSA) is 66.5 Å². The minimum Gasteiger partial charge on any atom is -0.350 e. The van der Waals surface area contributed by atoms with Gasteiger partial charge in [0.15, 0.2) is 0 Å². The second kappa shape index (κ2) is 5.20. The number of nitrogens with one attached hydrogen (secondary N) is 1. The molecule has 0 aliphatic carbocycles. The van der Waals surface area contributed by atoms with Crippen molar-refractivity contribution < 1.29 is 22.0 Å². The Balaban J connectivity index is 3.93. The van der Waals surface area contributed by atoms with Crippen LogP contribution < -0.4 is 5.32 Å². The van der Waals surface area contributed by atoms with Crippen LogP contribution >= 0.6 is 0 Å². The number of sulfonamides is 1. The first-order valence-electron chi connectivity index (χ1n) is 3.73. The van der Waals surface area contributed by atoms with E-state index in [-0.39, 0.29) is 6.54 Å². The number of hydrogen-bond acceptors (Lipinski definition) is 3. The summed E-state index contributed by atoms with van der Waals surface area (Å²) >= 11 is 0. The number of alkyl halides is 2. The molecule has 0 fully saturated rings. The van der Waals surface area contributed by atoms with Gasteiger partial charge in [-0.25, -0.2) is 12.7 Å². The normalized spacial score (nSPS) is 12.1. The molecule has 0 atom stereocenters. The number of amides is 1. The van der Waals surface area contributed by atoms with Crippen molar-refractivity contribution in [2.45, 2.75) is 6.43 Å². The summed E-state index contributed by atoms with van der Waals surface area (Å²) in [5.41, 5.74) is 0. The summed E-state index contributed by atoms with van der Waals surface area (Å²) in [6.45, 7) is -0.316. The van der Waals surface area contributed by atoms with Gasteiger partial charge < -0.3 is 5.32 Å². The summed E-state index contributed by atoms with van der Waals surface area (Å²) in [5.74, 6) is -1.85. The van der Waals surface area contributed by atoms with Crippen LogP contribution in [0.3, 0.4) is 0 Å². The zero-order valence-corrected chi connectivity index (χ0v) is 8.64. The predicted molar refractivity (Wildman–Crippen MR) is 46.5 cm³/mol. The first kappa shape index (κ1) is 13.2. The third kappa shape index (κ3) is 4.47. The molecule has 8 heteroatoms. The molecule has 0 bridgehead atoms. The van der Waals surface area contributed by atoms with Gasteiger partial charge in [-0.2, -0.15) is 8.78 Å². The summed E-state index contributed by atoms with van der Waals surface area (Å²) in [6, 6.07) is 0. The van der Waals surface area contributed by atoms with Crippen LogP contribution in [0.25, 0.3) is 0 Å². The Morgan fingerprint density at radius 2 is 1.93 bits per heavy atom. The van der Waals surface area contributed by atoms with Crippen molar-refractivity contribution in [2.75, 3.05) is 26.4 Å².